The van der Waals surface area contributed by atoms with E-state index in [9.17, 15) is 14.4 Å². The van der Waals surface area contributed by atoms with Gasteiger partial charge in [-0.2, -0.15) is 0 Å². The molecular weight excluding hydrogens is 316 g/mol. The number of thiophene rings is 1. The van der Waals surface area contributed by atoms with Crippen molar-refractivity contribution in [3.05, 3.63) is 50.8 Å². The van der Waals surface area contributed by atoms with Crippen LogP contribution in [0.25, 0.3) is 0 Å². The Kier molecular flexibility index (Phi) is 5.33. The normalized spacial score (nSPS) is 10.4. The molecule has 0 aliphatic rings. The van der Waals surface area contributed by atoms with Crippen molar-refractivity contribution >= 4 is 28.2 Å². The zero-order valence-corrected chi connectivity index (χ0v) is 14.0. The minimum atomic E-state index is -0.472. The Morgan fingerprint density at radius 2 is 2.09 bits per heavy atom. The lowest BCUT2D eigenvalue weighted by atomic mass is 10.3. The standard InChI is InChI=1S/C16H18N2O4S/c1-4-22-16(21)12-8-11(3)23-14(12)17-13(19)9-18-7-5-6-10(2)15(18)20/h5-8H,4,9H2,1-3H3,(H,17,19). The van der Waals surface area contributed by atoms with Gasteiger partial charge in [0, 0.05) is 16.6 Å². The number of carbonyl (C=O) groups is 2. The molecule has 6 nitrogen and oxygen atoms in total. The van der Waals surface area contributed by atoms with Gasteiger partial charge in [-0.1, -0.05) is 6.07 Å². The highest BCUT2D eigenvalue weighted by Gasteiger charge is 2.18. The first kappa shape index (κ1) is 17.0. The number of hydrogen-bond donors (Lipinski definition) is 1. The van der Waals surface area contributed by atoms with Crippen molar-refractivity contribution < 1.29 is 14.3 Å². The number of aromatic nitrogens is 1. The fourth-order valence-corrected chi connectivity index (χ4v) is 2.99. The third-order valence-electron chi connectivity index (χ3n) is 3.13. The van der Waals surface area contributed by atoms with Gasteiger partial charge in [-0.25, -0.2) is 4.79 Å². The summed E-state index contributed by atoms with van der Waals surface area (Å²) in [5.41, 5.74) is 0.689. The zero-order chi connectivity index (χ0) is 17.0. The summed E-state index contributed by atoms with van der Waals surface area (Å²) in [6, 6.07) is 5.08. The van der Waals surface area contributed by atoms with Crippen molar-refractivity contribution in [1.29, 1.82) is 0 Å². The third kappa shape index (κ3) is 4.07. The van der Waals surface area contributed by atoms with Gasteiger partial charge in [-0.05, 0) is 32.9 Å². The van der Waals surface area contributed by atoms with Crippen LogP contribution in [-0.2, 0) is 16.1 Å². The fourth-order valence-electron chi connectivity index (χ4n) is 2.07. The molecule has 0 saturated carbocycles. The number of esters is 1. The van der Waals surface area contributed by atoms with Crippen molar-refractivity contribution in [2.45, 2.75) is 27.3 Å². The molecule has 0 aliphatic carbocycles. The van der Waals surface area contributed by atoms with Crippen molar-refractivity contribution in [1.82, 2.24) is 4.57 Å². The molecular formula is C16H18N2O4S. The SMILES string of the molecule is CCOC(=O)c1cc(C)sc1NC(=O)Cn1cccc(C)c1=O. The van der Waals surface area contributed by atoms with Gasteiger partial charge in [0.25, 0.3) is 5.56 Å². The maximum atomic E-state index is 12.2. The number of hydrogen-bond acceptors (Lipinski definition) is 5. The van der Waals surface area contributed by atoms with Gasteiger partial charge in [0.1, 0.15) is 11.5 Å². The lowest BCUT2D eigenvalue weighted by Crippen LogP contribution is -2.28. The predicted octanol–water partition coefficient (Wildman–Crippen LogP) is 2.34. The molecule has 1 amide bonds. The third-order valence-corrected chi connectivity index (χ3v) is 4.09. The molecule has 0 saturated heterocycles. The number of nitrogens with one attached hydrogen (secondary N) is 1. The number of amides is 1. The van der Waals surface area contributed by atoms with E-state index >= 15 is 0 Å². The largest absolute Gasteiger partial charge is 0.462 e. The van der Waals surface area contributed by atoms with E-state index in [2.05, 4.69) is 5.32 Å². The Balaban J connectivity index is 2.16. The van der Waals surface area contributed by atoms with Crippen LogP contribution in [0.1, 0.15) is 27.7 Å². The molecule has 2 rings (SSSR count). The second-order valence-electron chi connectivity index (χ2n) is 4.99. The summed E-state index contributed by atoms with van der Waals surface area (Å²) in [5, 5.41) is 3.12. The van der Waals surface area contributed by atoms with Gasteiger partial charge < -0.3 is 14.6 Å². The summed E-state index contributed by atoms with van der Waals surface area (Å²) in [4.78, 5) is 36.9. The minimum Gasteiger partial charge on any atom is -0.462 e. The highest BCUT2D eigenvalue weighted by Crippen LogP contribution is 2.28. The Morgan fingerprint density at radius 3 is 2.78 bits per heavy atom. The average molecular weight is 334 g/mol. The Morgan fingerprint density at radius 1 is 1.35 bits per heavy atom. The van der Waals surface area contributed by atoms with Crippen LogP contribution in [0, 0.1) is 13.8 Å². The van der Waals surface area contributed by atoms with E-state index in [0.29, 0.717) is 16.1 Å². The fraction of sp³-hybridized carbons (Fsp3) is 0.312. The molecule has 0 spiro atoms. The topological polar surface area (TPSA) is 77.4 Å². The molecule has 0 unspecified atom stereocenters. The number of ether oxygens (including phenoxy) is 1. The highest BCUT2D eigenvalue weighted by molar-refractivity contribution is 7.16. The van der Waals surface area contributed by atoms with E-state index in [-0.39, 0.29) is 24.6 Å². The van der Waals surface area contributed by atoms with Crippen LogP contribution in [0.2, 0.25) is 0 Å². The number of carbonyl (C=O) groups excluding carboxylic acids is 2. The summed E-state index contributed by atoms with van der Waals surface area (Å²) in [7, 11) is 0. The maximum absolute atomic E-state index is 12.2. The number of aryl methyl sites for hydroxylation is 2. The monoisotopic (exact) mass is 334 g/mol. The predicted molar refractivity (Wildman–Crippen MR) is 89.1 cm³/mol. The van der Waals surface area contributed by atoms with Gasteiger partial charge in [0.2, 0.25) is 5.91 Å². The minimum absolute atomic E-state index is 0.111. The highest BCUT2D eigenvalue weighted by atomic mass is 32.1. The first-order valence-electron chi connectivity index (χ1n) is 7.15. The van der Waals surface area contributed by atoms with E-state index in [1.807, 2.05) is 6.92 Å². The van der Waals surface area contributed by atoms with Crippen LogP contribution in [0.4, 0.5) is 5.00 Å². The first-order valence-corrected chi connectivity index (χ1v) is 7.97. The van der Waals surface area contributed by atoms with E-state index in [1.165, 1.54) is 15.9 Å². The molecule has 2 heterocycles. The van der Waals surface area contributed by atoms with Crippen molar-refractivity contribution in [2.75, 3.05) is 11.9 Å². The Labute approximate surface area is 137 Å². The lowest BCUT2D eigenvalue weighted by Gasteiger charge is -2.08. The second kappa shape index (κ2) is 7.23. The van der Waals surface area contributed by atoms with E-state index in [1.54, 1.807) is 38.2 Å². The van der Waals surface area contributed by atoms with E-state index in [0.717, 1.165) is 4.88 Å². The molecule has 0 radical (unpaired) electrons. The van der Waals surface area contributed by atoms with Crippen LogP contribution < -0.4 is 10.9 Å². The Hall–Kier alpha value is -2.41. The number of anilines is 1. The molecule has 0 fully saturated rings. The molecule has 0 atom stereocenters. The molecule has 7 heteroatoms. The van der Waals surface area contributed by atoms with Crippen LogP contribution in [0.15, 0.2) is 29.2 Å². The van der Waals surface area contributed by atoms with E-state index < -0.39 is 5.97 Å². The Bertz CT molecular complexity index is 792. The van der Waals surface area contributed by atoms with Crippen molar-refractivity contribution in [3.63, 3.8) is 0 Å². The van der Waals surface area contributed by atoms with Gasteiger partial charge in [0.05, 0.1) is 12.2 Å². The van der Waals surface area contributed by atoms with Crippen LogP contribution >= 0.6 is 11.3 Å². The molecule has 2 aromatic rings. The number of nitrogens with zero attached hydrogens (tertiary/aromatic N) is 1. The molecule has 0 aliphatic heterocycles. The average Bonchev–Trinajstić information content (AvgIpc) is 2.85. The molecule has 0 aromatic carbocycles. The van der Waals surface area contributed by atoms with Crippen molar-refractivity contribution in [2.24, 2.45) is 0 Å². The summed E-state index contributed by atoms with van der Waals surface area (Å²) in [6.07, 6.45) is 1.56. The number of pyridine rings is 1. The number of rotatable bonds is 5. The lowest BCUT2D eigenvalue weighted by molar-refractivity contribution is -0.116. The summed E-state index contributed by atoms with van der Waals surface area (Å²) in [5.74, 6) is -0.843. The molecule has 1 N–H and O–H groups in total. The first-order chi connectivity index (χ1) is 10.9. The van der Waals surface area contributed by atoms with Crippen LogP contribution in [0.3, 0.4) is 0 Å². The summed E-state index contributed by atoms with van der Waals surface area (Å²) >= 11 is 1.29. The molecule has 0 bridgehead atoms. The molecule has 2 aromatic heterocycles. The van der Waals surface area contributed by atoms with Gasteiger partial charge >= 0.3 is 5.97 Å². The van der Waals surface area contributed by atoms with Gasteiger partial charge in [-0.3, -0.25) is 9.59 Å². The molecule has 122 valence electrons. The summed E-state index contributed by atoms with van der Waals surface area (Å²) in [6.45, 7) is 5.41. The summed E-state index contributed by atoms with van der Waals surface area (Å²) < 4.78 is 6.31. The molecule has 23 heavy (non-hydrogen) atoms. The smallest absolute Gasteiger partial charge is 0.341 e. The van der Waals surface area contributed by atoms with Crippen LogP contribution in [-0.4, -0.2) is 23.1 Å². The van der Waals surface area contributed by atoms with Gasteiger partial charge in [0.15, 0.2) is 0 Å². The van der Waals surface area contributed by atoms with E-state index in [4.69, 9.17) is 4.74 Å². The van der Waals surface area contributed by atoms with Gasteiger partial charge in [-0.15, -0.1) is 11.3 Å². The second-order valence-corrected chi connectivity index (χ2v) is 6.25. The van der Waals surface area contributed by atoms with Crippen molar-refractivity contribution in [3.8, 4) is 0 Å². The maximum Gasteiger partial charge on any atom is 0.341 e. The zero-order valence-electron chi connectivity index (χ0n) is 13.2. The quantitative estimate of drug-likeness (QED) is 0.852. The van der Waals surface area contributed by atoms with Crippen LogP contribution in [0.5, 0.6) is 0 Å².